The van der Waals surface area contributed by atoms with Crippen LogP contribution in [0.15, 0.2) is 24.3 Å². The van der Waals surface area contributed by atoms with E-state index < -0.39 is 0 Å². The molecule has 0 saturated carbocycles. The SMILES string of the molecule is CCc1nn(C)c(NCCOc2cccc(C)c2)c1N. The molecule has 0 radical (unpaired) electrons. The summed E-state index contributed by atoms with van der Waals surface area (Å²) in [5.74, 6) is 1.74. The van der Waals surface area contributed by atoms with Gasteiger partial charge < -0.3 is 15.8 Å². The van der Waals surface area contributed by atoms with Crippen molar-refractivity contribution in [1.29, 1.82) is 0 Å². The summed E-state index contributed by atoms with van der Waals surface area (Å²) in [7, 11) is 1.89. The summed E-state index contributed by atoms with van der Waals surface area (Å²) in [6, 6.07) is 8.02. The summed E-state index contributed by atoms with van der Waals surface area (Å²) >= 11 is 0. The van der Waals surface area contributed by atoms with Gasteiger partial charge in [-0.2, -0.15) is 5.10 Å². The van der Waals surface area contributed by atoms with E-state index in [1.807, 2.05) is 45.2 Å². The van der Waals surface area contributed by atoms with Crippen LogP contribution in [0, 0.1) is 6.92 Å². The zero-order valence-corrected chi connectivity index (χ0v) is 12.3. The molecule has 0 aliphatic carbocycles. The van der Waals surface area contributed by atoms with Gasteiger partial charge in [-0.3, -0.25) is 4.68 Å². The van der Waals surface area contributed by atoms with Gasteiger partial charge in [0.15, 0.2) is 0 Å². The minimum atomic E-state index is 0.579. The van der Waals surface area contributed by atoms with E-state index in [1.54, 1.807) is 4.68 Å². The van der Waals surface area contributed by atoms with Crippen LogP contribution in [-0.2, 0) is 13.5 Å². The van der Waals surface area contributed by atoms with Crippen LogP contribution in [0.25, 0.3) is 0 Å². The highest BCUT2D eigenvalue weighted by molar-refractivity contribution is 5.64. The second kappa shape index (κ2) is 6.32. The topological polar surface area (TPSA) is 65.1 Å². The molecule has 5 heteroatoms. The van der Waals surface area contributed by atoms with Gasteiger partial charge in [-0.25, -0.2) is 0 Å². The third-order valence-corrected chi connectivity index (χ3v) is 3.15. The van der Waals surface area contributed by atoms with Crippen LogP contribution in [0.1, 0.15) is 18.2 Å². The quantitative estimate of drug-likeness (QED) is 0.794. The molecule has 0 unspecified atom stereocenters. The van der Waals surface area contributed by atoms with E-state index in [4.69, 9.17) is 10.5 Å². The first kappa shape index (κ1) is 14.2. The third kappa shape index (κ3) is 3.23. The van der Waals surface area contributed by atoms with Gasteiger partial charge in [-0.05, 0) is 31.0 Å². The Morgan fingerprint density at radius 2 is 2.20 bits per heavy atom. The highest BCUT2D eigenvalue weighted by Gasteiger charge is 2.10. The molecule has 0 fully saturated rings. The summed E-state index contributed by atoms with van der Waals surface area (Å²) in [6.45, 7) is 5.35. The molecule has 2 rings (SSSR count). The molecule has 1 aromatic heterocycles. The molecule has 20 heavy (non-hydrogen) atoms. The number of nitrogens with two attached hydrogens (primary N) is 1. The summed E-state index contributed by atoms with van der Waals surface area (Å²) < 4.78 is 7.47. The number of anilines is 2. The maximum Gasteiger partial charge on any atom is 0.147 e. The van der Waals surface area contributed by atoms with Crippen LogP contribution >= 0.6 is 0 Å². The average molecular weight is 274 g/mol. The van der Waals surface area contributed by atoms with E-state index in [9.17, 15) is 0 Å². The third-order valence-electron chi connectivity index (χ3n) is 3.15. The van der Waals surface area contributed by atoms with Crippen molar-refractivity contribution in [2.45, 2.75) is 20.3 Å². The van der Waals surface area contributed by atoms with E-state index in [-0.39, 0.29) is 0 Å². The fourth-order valence-corrected chi connectivity index (χ4v) is 2.11. The van der Waals surface area contributed by atoms with Crippen LogP contribution in [-0.4, -0.2) is 22.9 Å². The molecular formula is C15H22N4O. The summed E-state index contributed by atoms with van der Waals surface area (Å²) in [5.41, 5.74) is 8.89. The monoisotopic (exact) mass is 274 g/mol. The molecule has 1 heterocycles. The summed E-state index contributed by atoms with van der Waals surface area (Å²) in [5, 5.41) is 7.64. The van der Waals surface area contributed by atoms with Crippen molar-refractivity contribution in [2.75, 3.05) is 24.2 Å². The predicted octanol–water partition coefficient (Wildman–Crippen LogP) is 2.36. The second-order valence-electron chi connectivity index (χ2n) is 4.78. The molecular weight excluding hydrogens is 252 g/mol. The Balaban J connectivity index is 1.86. The van der Waals surface area contributed by atoms with Gasteiger partial charge in [0.2, 0.25) is 0 Å². The molecule has 0 spiro atoms. The molecule has 2 aromatic rings. The van der Waals surface area contributed by atoms with Gasteiger partial charge in [0, 0.05) is 7.05 Å². The molecule has 0 aliphatic heterocycles. The van der Waals surface area contributed by atoms with Gasteiger partial charge in [-0.15, -0.1) is 0 Å². The molecule has 0 saturated heterocycles. The maximum atomic E-state index is 6.04. The van der Waals surface area contributed by atoms with Gasteiger partial charge >= 0.3 is 0 Å². The van der Waals surface area contributed by atoms with Crippen LogP contribution in [0.4, 0.5) is 11.5 Å². The van der Waals surface area contributed by atoms with Crippen LogP contribution in [0.3, 0.4) is 0 Å². The maximum absolute atomic E-state index is 6.04. The van der Waals surface area contributed by atoms with Gasteiger partial charge in [-0.1, -0.05) is 19.1 Å². The van der Waals surface area contributed by atoms with Crippen molar-refractivity contribution in [3.63, 3.8) is 0 Å². The Bertz CT molecular complexity index is 577. The zero-order valence-electron chi connectivity index (χ0n) is 12.3. The van der Waals surface area contributed by atoms with Gasteiger partial charge in [0.1, 0.15) is 18.2 Å². The summed E-state index contributed by atoms with van der Waals surface area (Å²) in [4.78, 5) is 0. The van der Waals surface area contributed by atoms with Crippen molar-refractivity contribution in [3.05, 3.63) is 35.5 Å². The fourth-order valence-electron chi connectivity index (χ4n) is 2.11. The summed E-state index contributed by atoms with van der Waals surface area (Å²) in [6.07, 6.45) is 0.834. The van der Waals surface area contributed by atoms with Crippen LogP contribution in [0.2, 0.25) is 0 Å². The number of aryl methyl sites for hydroxylation is 3. The van der Waals surface area contributed by atoms with E-state index in [0.29, 0.717) is 13.2 Å². The molecule has 0 bridgehead atoms. The highest BCUT2D eigenvalue weighted by atomic mass is 16.5. The lowest BCUT2D eigenvalue weighted by Gasteiger charge is -2.09. The highest BCUT2D eigenvalue weighted by Crippen LogP contribution is 2.21. The first-order chi connectivity index (χ1) is 9.61. The zero-order chi connectivity index (χ0) is 14.5. The second-order valence-corrected chi connectivity index (χ2v) is 4.78. The first-order valence-electron chi connectivity index (χ1n) is 6.86. The van der Waals surface area contributed by atoms with E-state index in [1.165, 1.54) is 5.56 Å². The van der Waals surface area contributed by atoms with E-state index in [0.717, 1.165) is 29.4 Å². The molecule has 0 amide bonds. The standard InChI is InChI=1S/C15H22N4O/c1-4-13-14(16)15(19(3)18-13)17-8-9-20-12-7-5-6-11(2)10-12/h5-7,10,17H,4,8-9,16H2,1-3H3. The predicted molar refractivity (Wildman–Crippen MR) is 82.2 cm³/mol. The molecule has 3 N–H and O–H groups in total. The molecule has 1 aromatic carbocycles. The van der Waals surface area contributed by atoms with E-state index >= 15 is 0 Å². The number of rotatable bonds is 6. The number of nitrogens with zero attached hydrogens (tertiary/aromatic N) is 2. The molecule has 0 atom stereocenters. The van der Waals surface area contributed by atoms with Crippen molar-refractivity contribution >= 4 is 11.5 Å². The first-order valence-corrected chi connectivity index (χ1v) is 6.86. The van der Waals surface area contributed by atoms with Crippen LogP contribution in [0.5, 0.6) is 5.75 Å². The average Bonchev–Trinajstić information content (AvgIpc) is 2.70. The van der Waals surface area contributed by atoms with Crippen molar-refractivity contribution in [3.8, 4) is 5.75 Å². The lowest BCUT2D eigenvalue weighted by atomic mass is 10.2. The Kier molecular flexibility index (Phi) is 4.50. The van der Waals surface area contributed by atoms with Crippen molar-refractivity contribution < 1.29 is 4.74 Å². The van der Waals surface area contributed by atoms with Gasteiger partial charge in [0.05, 0.1) is 17.9 Å². The van der Waals surface area contributed by atoms with Crippen LogP contribution < -0.4 is 15.8 Å². The van der Waals surface area contributed by atoms with Crippen molar-refractivity contribution in [1.82, 2.24) is 9.78 Å². The fraction of sp³-hybridized carbons (Fsp3) is 0.400. The number of benzene rings is 1. The largest absolute Gasteiger partial charge is 0.492 e. The molecule has 0 aliphatic rings. The Morgan fingerprint density at radius 1 is 1.40 bits per heavy atom. The van der Waals surface area contributed by atoms with Crippen molar-refractivity contribution in [2.24, 2.45) is 7.05 Å². The number of hydrogen-bond acceptors (Lipinski definition) is 4. The normalized spacial score (nSPS) is 10.6. The number of nitrogens with one attached hydrogen (secondary N) is 1. The van der Waals surface area contributed by atoms with Gasteiger partial charge in [0.25, 0.3) is 0 Å². The Labute approximate surface area is 119 Å². The number of hydrogen-bond donors (Lipinski definition) is 2. The smallest absolute Gasteiger partial charge is 0.147 e. The minimum Gasteiger partial charge on any atom is -0.492 e. The number of nitrogen functional groups attached to an aromatic ring is 1. The minimum absolute atomic E-state index is 0.579. The lowest BCUT2D eigenvalue weighted by Crippen LogP contribution is -2.14. The number of aromatic nitrogens is 2. The molecule has 108 valence electrons. The Hall–Kier alpha value is -2.17. The Morgan fingerprint density at radius 3 is 2.85 bits per heavy atom. The molecule has 5 nitrogen and oxygen atoms in total. The lowest BCUT2D eigenvalue weighted by molar-refractivity contribution is 0.332. The van der Waals surface area contributed by atoms with E-state index in [2.05, 4.69) is 10.4 Å². The number of ether oxygens (including phenoxy) is 1.